The summed E-state index contributed by atoms with van der Waals surface area (Å²) in [5.74, 6) is -0.294. The Morgan fingerprint density at radius 3 is 2.69 bits per heavy atom. The summed E-state index contributed by atoms with van der Waals surface area (Å²) >= 11 is 4.54. The van der Waals surface area contributed by atoms with Gasteiger partial charge >= 0.3 is 0 Å². The minimum Gasteiger partial charge on any atom is -0.507 e. The number of hydrazone groups is 1. The summed E-state index contributed by atoms with van der Waals surface area (Å²) in [5.41, 5.74) is 4.65. The Kier molecular flexibility index (Phi) is 7.79. The van der Waals surface area contributed by atoms with Gasteiger partial charge in [0.05, 0.1) is 28.6 Å². The number of para-hydroxylation sites is 2. The van der Waals surface area contributed by atoms with Gasteiger partial charge in [-0.1, -0.05) is 58.0 Å². The van der Waals surface area contributed by atoms with Crippen LogP contribution in [0, 0.1) is 0 Å². The number of aromatic nitrogens is 2. The number of rotatable bonds is 8. The topological polar surface area (TPSA) is 96.6 Å². The second-order valence-electron chi connectivity index (χ2n) is 7.46. The van der Waals surface area contributed by atoms with Crippen LogP contribution in [0.2, 0.25) is 0 Å². The average Bonchev–Trinajstić information content (AvgIpc) is 2.86. The summed E-state index contributed by atoms with van der Waals surface area (Å²) in [7, 11) is 0. The first-order valence-corrected chi connectivity index (χ1v) is 12.4. The number of halogens is 1. The molecule has 3 aromatic carbocycles. The van der Waals surface area contributed by atoms with E-state index in [9.17, 15) is 14.7 Å². The molecule has 0 bridgehead atoms. The van der Waals surface area contributed by atoms with Crippen LogP contribution in [0.5, 0.6) is 5.75 Å². The number of phenols is 1. The number of allylic oxidation sites excluding steroid dienone is 1. The summed E-state index contributed by atoms with van der Waals surface area (Å²) in [4.78, 5) is 30.3. The van der Waals surface area contributed by atoms with Gasteiger partial charge in [0.15, 0.2) is 5.16 Å². The standard InChI is InChI=1S/C26H21BrN4O3S/c1-2-6-17-7-5-8-18(24(17)33)15-28-30-23(32)16-35-26-29-22-10-4-3-9-21(22)25(34)31(26)20-13-11-19(27)12-14-20/h2-5,7-15,33H,1,6,16H2,(H,30,32). The van der Waals surface area contributed by atoms with Crippen LogP contribution in [-0.4, -0.2) is 32.5 Å². The zero-order valence-corrected chi connectivity index (χ0v) is 20.9. The second kappa shape index (κ2) is 11.2. The first kappa shape index (κ1) is 24.4. The number of nitrogens with one attached hydrogen (secondary N) is 1. The van der Waals surface area contributed by atoms with Crippen LogP contribution >= 0.6 is 27.7 Å². The molecule has 4 aromatic rings. The Balaban J connectivity index is 1.53. The van der Waals surface area contributed by atoms with Gasteiger partial charge < -0.3 is 5.11 Å². The minimum absolute atomic E-state index is 0.0128. The van der Waals surface area contributed by atoms with E-state index in [1.54, 1.807) is 42.5 Å². The molecule has 176 valence electrons. The Morgan fingerprint density at radius 2 is 1.91 bits per heavy atom. The molecule has 0 unspecified atom stereocenters. The predicted octanol–water partition coefficient (Wildman–Crippen LogP) is 4.82. The number of nitrogens with zero attached hydrogens (tertiary/aromatic N) is 3. The number of thioether (sulfide) groups is 1. The summed E-state index contributed by atoms with van der Waals surface area (Å²) in [6, 6.07) is 19.7. The van der Waals surface area contributed by atoms with Crippen molar-refractivity contribution in [3.05, 3.63) is 105 Å². The third-order valence-electron chi connectivity index (χ3n) is 5.07. The van der Waals surface area contributed by atoms with Gasteiger partial charge in [-0.3, -0.25) is 14.2 Å². The molecule has 0 aliphatic carbocycles. The van der Waals surface area contributed by atoms with Crippen molar-refractivity contribution in [1.82, 2.24) is 15.0 Å². The highest BCUT2D eigenvalue weighted by Gasteiger charge is 2.15. The Morgan fingerprint density at radius 1 is 1.14 bits per heavy atom. The van der Waals surface area contributed by atoms with E-state index in [4.69, 9.17) is 0 Å². The number of carbonyl (C=O) groups is 1. The van der Waals surface area contributed by atoms with Gasteiger partial charge in [-0.05, 0) is 54.4 Å². The summed E-state index contributed by atoms with van der Waals surface area (Å²) in [5, 5.41) is 15.1. The minimum atomic E-state index is -0.377. The van der Waals surface area contributed by atoms with Crippen molar-refractivity contribution < 1.29 is 9.90 Å². The van der Waals surface area contributed by atoms with Crippen molar-refractivity contribution in [2.24, 2.45) is 5.10 Å². The molecule has 0 saturated heterocycles. The molecule has 1 amide bonds. The first-order valence-electron chi connectivity index (χ1n) is 10.6. The Labute approximate surface area is 214 Å². The lowest BCUT2D eigenvalue weighted by atomic mass is 10.1. The van der Waals surface area contributed by atoms with Gasteiger partial charge in [0.1, 0.15) is 5.75 Å². The molecule has 1 aromatic heterocycles. The Bertz CT molecular complexity index is 1480. The van der Waals surface area contributed by atoms with Gasteiger partial charge in [-0.15, -0.1) is 6.58 Å². The number of hydrogen-bond donors (Lipinski definition) is 2. The van der Waals surface area contributed by atoms with E-state index in [1.807, 2.05) is 30.3 Å². The molecule has 0 fully saturated rings. The van der Waals surface area contributed by atoms with Crippen LogP contribution in [0.4, 0.5) is 0 Å². The van der Waals surface area contributed by atoms with E-state index in [0.29, 0.717) is 33.7 Å². The summed E-state index contributed by atoms with van der Waals surface area (Å²) < 4.78 is 2.38. The van der Waals surface area contributed by atoms with Crippen LogP contribution < -0.4 is 11.0 Å². The summed E-state index contributed by atoms with van der Waals surface area (Å²) in [6.45, 7) is 3.68. The molecule has 4 rings (SSSR count). The first-order chi connectivity index (χ1) is 17.0. The van der Waals surface area contributed by atoms with Crippen LogP contribution in [0.1, 0.15) is 11.1 Å². The molecule has 0 aliphatic rings. The average molecular weight is 549 g/mol. The SMILES string of the molecule is C=CCc1cccc(C=NNC(=O)CSc2nc3ccccc3c(=O)n2-c2ccc(Br)cc2)c1O. The third kappa shape index (κ3) is 5.70. The van der Waals surface area contributed by atoms with Crippen molar-refractivity contribution in [3.8, 4) is 11.4 Å². The Hall–Kier alpha value is -3.69. The molecule has 0 saturated carbocycles. The monoisotopic (exact) mass is 548 g/mol. The number of amides is 1. The van der Waals surface area contributed by atoms with Gasteiger partial charge in [0.25, 0.3) is 11.5 Å². The van der Waals surface area contributed by atoms with Crippen LogP contribution in [0.3, 0.4) is 0 Å². The lowest BCUT2D eigenvalue weighted by Gasteiger charge is -2.13. The number of aromatic hydroxyl groups is 1. The zero-order chi connectivity index (χ0) is 24.8. The predicted molar refractivity (Wildman–Crippen MR) is 144 cm³/mol. The normalized spacial score (nSPS) is 11.1. The number of carbonyl (C=O) groups excluding carboxylic acids is 1. The van der Waals surface area contributed by atoms with Crippen LogP contribution in [0.25, 0.3) is 16.6 Å². The molecule has 0 spiro atoms. The molecular formula is C26H21BrN4O3S. The molecule has 9 heteroatoms. The maximum absolute atomic E-state index is 13.3. The van der Waals surface area contributed by atoms with E-state index in [2.05, 4.69) is 38.0 Å². The van der Waals surface area contributed by atoms with Crippen molar-refractivity contribution in [1.29, 1.82) is 0 Å². The molecule has 0 radical (unpaired) electrons. The lowest BCUT2D eigenvalue weighted by Crippen LogP contribution is -2.24. The summed E-state index contributed by atoms with van der Waals surface area (Å²) in [6.07, 6.45) is 3.61. The van der Waals surface area contributed by atoms with Crippen molar-refractivity contribution in [3.63, 3.8) is 0 Å². The highest BCUT2D eigenvalue weighted by atomic mass is 79.9. The fourth-order valence-corrected chi connectivity index (χ4v) is 4.47. The van der Waals surface area contributed by atoms with Gasteiger partial charge in [-0.2, -0.15) is 5.10 Å². The van der Waals surface area contributed by atoms with Gasteiger partial charge in [0, 0.05) is 10.0 Å². The van der Waals surface area contributed by atoms with Crippen molar-refractivity contribution in [2.75, 3.05) is 5.75 Å². The molecule has 7 nitrogen and oxygen atoms in total. The molecule has 0 aliphatic heterocycles. The van der Waals surface area contributed by atoms with Crippen LogP contribution in [-0.2, 0) is 11.2 Å². The molecule has 1 heterocycles. The highest BCUT2D eigenvalue weighted by molar-refractivity contribution is 9.10. The lowest BCUT2D eigenvalue weighted by molar-refractivity contribution is -0.118. The van der Waals surface area contributed by atoms with E-state index in [1.165, 1.54) is 10.8 Å². The highest BCUT2D eigenvalue weighted by Crippen LogP contribution is 2.23. The number of fused-ring (bicyclic) bond motifs is 1. The zero-order valence-electron chi connectivity index (χ0n) is 18.5. The van der Waals surface area contributed by atoms with E-state index in [0.717, 1.165) is 21.8 Å². The largest absolute Gasteiger partial charge is 0.507 e. The van der Waals surface area contributed by atoms with Crippen molar-refractivity contribution >= 4 is 50.7 Å². The fourth-order valence-electron chi connectivity index (χ4n) is 3.40. The molecule has 35 heavy (non-hydrogen) atoms. The van der Waals surface area contributed by atoms with Gasteiger partial charge in [-0.25, -0.2) is 10.4 Å². The number of phenolic OH excluding ortho intramolecular Hbond substituents is 1. The molecule has 0 atom stereocenters. The van der Waals surface area contributed by atoms with E-state index < -0.39 is 0 Å². The smallest absolute Gasteiger partial charge is 0.266 e. The number of hydrogen-bond acceptors (Lipinski definition) is 6. The van der Waals surface area contributed by atoms with E-state index in [-0.39, 0.29) is 23.0 Å². The third-order valence-corrected chi connectivity index (χ3v) is 6.54. The molecule has 2 N–H and O–H groups in total. The maximum Gasteiger partial charge on any atom is 0.266 e. The quantitative estimate of drug-likeness (QED) is 0.108. The fraction of sp³-hybridized carbons (Fsp3) is 0.0769. The maximum atomic E-state index is 13.3. The van der Waals surface area contributed by atoms with Crippen molar-refractivity contribution in [2.45, 2.75) is 11.6 Å². The second-order valence-corrected chi connectivity index (χ2v) is 9.32. The molecular weight excluding hydrogens is 528 g/mol. The van der Waals surface area contributed by atoms with Crippen LogP contribution in [0.15, 0.2) is 98.9 Å². The number of benzene rings is 3. The van der Waals surface area contributed by atoms with E-state index >= 15 is 0 Å². The van der Waals surface area contributed by atoms with Gasteiger partial charge in [0.2, 0.25) is 0 Å².